The summed E-state index contributed by atoms with van der Waals surface area (Å²) >= 11 is 0. The van der Waals surface area contributed by atoms with Crippen molar-refractivity contribution in [1.29, 1.82) is 0 Å². The number of aromatic nitrogens is 1. The van der Waals surface area contributed by atoms with Gasteiger partial charge < -0.3 is 4.57 Å². The fraction of sp³-hybridized carbons (Fsp3) is 0.545. The van der Waals surface area contributed by atoms with Gasteiger partial charge in [-0.3, -0.25) is 9.63 Å². The topological polar surface area (TPSA) is 34.5 Å². The molecule has 1 saturated heterocycles. The van der Waals surface area contributed by atoms with Gasteiger partial charge >= 0.3 is 0 Å². The fourth-order valence-electron chi connectivity index (χ4n) is 1.71. The van der Waals surface area contributed by atoms with E-state index in [1.54, 1.807) is 0 Å². The van der Waals surface area contributed by atoms with Gasteiger partial charge in [-0.25, -0.2) is 5.06 Å². The van der Waals surface area contributed by atoms with Crippen LogP contribution >= 0.6 is 0 Å². The van der Waals surface area contributed by atoms with E-state index < -0.39 is 0 Å². The minimum Gasteiger partial charge on any atom is -0.344 e. The van der Waals surface area contributed by atoms with E-state index in [9.17, 15) is 4.79 Å². The second kappa shape index (κ2) is 4.06. The van der Waals surface area contributed by atoms with Crippen LogP contribution in [0.15, 0.2) is 12.1 Å². The Hall–Kier alpha value is -1.29. The summed E-state index contributed by atoms with van der Waals surface area (Å²) in [6.45, 7) is 3.33. The van der Waals surface area contributed by atoms with Crippen molar-refractivity contribution in [2.75, 3.05) is 13.2 Å². The van der Waals surface area contributed by atoms with Gasteiger partial charge in [0.15, 0.2) is 0 Å². The van der Waals surface area contributed by atoms with Crippen molar-refractivity contribution in [3.05, 3.63) is 23.5 Å². The average molecular weight is 208 g/mol. The normalized spacial score (nSPS) is 16.8. The van der Waals surface area contributed by atoms with Crippen LogP contribution in [0, 0.1) is 6.92 Å². The van der Waals surface area contributed by atoms with E-state index in [4.69, 9.17) is 4.84 Å². The van der Waals surface area contributed by atoms with Gasteiger partial charge in [-0.15, -0.1) is 0 Å². The number of carbonyl (C=O) groups excluding carboxylic acids is 1. The number of aryl methyl sites for hydroxylation is 1. The molecule has 2 heterocycles. The van der Waals surface area contributed by atoms with E-state index in [1.807, 2.05) is 30.7 Å². The molecule has 0 saturated carbocycles. The predicted octanol–water partition coefficient (Wildman–Crippen LogP) is 1.50. The van der Waals surface area contributed by atoms with Gasteiger partial charge in [0.1, 0.15) is 5.69 Å². The average Bonchev–Trinajstić information content (AvgIpc) is 2.60. The third-order valence-corrected chi connectivity index (χ3v) is 2.82. The third-order valence-electron chi connectivity index (χ3n) is 2.82. The molecule has 1 aliphatic heterocycles. The lowest BCUT2D eigenvalue weighted by molar-refractivity contribution is -0.144. The molecule has 4 nitrogen and oxygen atoms in total. The van der Waals surface area contributed by atoms with E-state index in [0.717, 1.165) is 18.5 Å². The van der Waals surface area contributed by atoms with E-state index in [0.29, 0.717) is 18.8 Å². The molecule has 1 amide bonds. The zero-order valence-electron chi connectivity index (χ0n) is 9.19. The van der Waals surface area contributed by atoms with Gasteiger partial charge in [0, 0.05) is 19.3 Å². The molecule has 0 atom stereocenters. The summed E-state index contributed by atoms with van der Waals surface area (Å²) in [6.07, 6.45) is 2.06. The maximum absolute atomic E-state index is 12.0. The van der Waals surface area contributed by atoms with Gasteiger partial charge in [0.2, 0.25) is 0 Å². The second-order valence-corrected chi connectivity index (χ2v) is 3.87. The lowest BCUT2D eigenvalue weighted by atomic mass is 10.3. The first-order valence-corrected chi connectivity index (χ1v) is 5.27. The van der Waals surface area contributed by atoms with Crippen LogP contribution in [0.25, 0.3) is 0 Å². The van der Waals surface area contributed by atoms with E-state index in [2.05, 4.69) is 0 Å². The lowest BCUT2D eigenvalue weighted by Crippen LogP contribution is -2.36. The van der Waals surface area contributed by atoms with Crippen LogP contribution in [0.2, 0.25) is 0 Å². The van der Waals surface area contributed by atoms with Gasteiger partial charge in [-0.1, -0.05) is 0 Å². The zero-order valence-corrected chi connectivity index (χ0v) is 9.19. The highest BCUT2D eigenvalue weighted by Gasteiger charge is 2.21. The quantitative estimate of drug-likeness (QED) is 0.701. The number of rotatable bonds is 1. The Morgan fingerprint density at radius 1 is 1.40 bits per heavy atom. The summed E-state index contributed by atoms with van der Waals surface area (Å²) in [5.74, 6) is -0.0368. The van der Waals surface area contributed by atoms with Crippen molar-refractivity contribution in [2.45, 2.75) is 19.8 Å². The van der Waals surface area contributed by atoms with Crippen molar-refractivity contribution in [1.82, 2.24) is 9.63 Å². The zero-order chi connectivity index (χ0) is 10.8. The summed E-state index contributed by atoms with van der Waals surface area (Å²) in [6, 6.07) is 3.78. The van der Waals surface area contributed by atoms with E-state index in [-0.39, 0.29) is 5.91 Å². The molecule has 0 aliphatic carbocycles. The molecule has 1 aliphatic rings. The molecule has 0 spiro atoms. The lowest BCUT2D eigenvalue weighted by Gasteiger charge is -2.25. The molecule has 1 aromatic heterocycles. The highest BCUT2D eigenvalue weighted by Crippen LogP contribution is 2.13. The Balaban J connectivity index is 2.16. The minimum atomic E-state index is -0.0368. The van der Waals surface area contributed by atoms with Crippen LogP contribution in [0.3, 0.4) is 0 Å². The molecular weight excluding hydrogens is 192 g/mol. The van der Waals surface area contributed by atoms with Crippen molar-refractivity contribution in [3.8, 4) is 0 Å². The molecule has 1 fully saturated rings. The maximum atomic E-state index is 12.0. The number of hydroxylamine groups is 2. The predicted molar refractivity (Wildman–Crippen MR) is 56.4 cm³/mol. The Labute approximate surface area is 89.4 Å². The molecule has 15 heavy (non-hydrogen) atoms. The molecule has 0 N–H and O–H groups in total. The molecule has 0 aromatic carbocycles. The largest absolute Gasteiger partial charge is 0.344 e. The van der Waals surface area contributed by atoms with Gasteiger partial charge in [-0.2, -0.15) is 0 Å². The Bertz CT molecular complexity index is 365. The summed E-state index contributed by atoms with van der Waals surface area (Å²) in [5.41, 5.74) is 1.77. The standard InChI is InChI=1S/C11H16N2O2/c1-9-5-6-10(12(9)2)11(14)13-7-3-4-8-15-13/h5-6H,3-4,7-8H2,1-2H3. The van der Waals surface area contributed by atoms with Crippen molar-refractivity contribution >= 4 is 5.91 Å². The molecule has 0 radical (unpaired) electrons. The fourth-order valence-corrected chi connectivity index (χ4v) is 1.71. The minimum absolute atomic E-state index is 0.0368. The summed E-state index contributed by atoms with van der Waals surface area (Å²) < 4.78 is 1.89. The molecule has 1 aromatic rings. The maximum Gasteiger partial charge on any atom is 0.294 e. The molecule has 0 unspecified atom stereocenters. The number of hydrogen-bond donors (Lipinski definition) is 0. The molecule has 82 valence electrons. The van der Waals surface area contributed by atoms with Crippen molar-refractivity contribution < 1.29 is 9.63 Å². The molecule has 0 bridgehead atoms. The third kappa shape index (κ3) is 1.90. The highest BCUT2D eigenvalue weighted by molar-refractivity contribution is 5.92. The van der Waals surface area contributed by atoms with E-state index >= 15 is 0 Å². The number of nitrogens with zero attached hydrogens (tertiary/aromatic N) is 2. The first-order chi connectivity index (χ1) is 7.20. The van der Waals surface area contributed by atoms with Crippen molar-refractivity contribution in [2.24, 2.45) is 7.05 Å². The van der Waals surface area contributed by atoms with Crippen molar-refractivity contribution in [3.63, 3.8) is 0 Å². The van der Waals surface area contributed by atoms with Crippen LogP contribution in [0.1, 0.15) is 29.0 Å². The summed E-state index contributed by atoms with van der Waals surface area (Å²) in [4.78, 5) is 17.3. The molecular formula is C11H16N2O2. The SMILES string of the molecule is Cc1ccc(C(=O)N2CCCCO2)n1C. The monoisotopic (exact) mass is 208 g/mol. The molecule has 4 heteroatoms. The van der Waals surface area contributed by atoms with Gasteiger partial charge in [0.25, 0.3) is 5.91 Å². The number of carbonyl (C=O) groups is 1. The van der Waals surface area contributed by atoms with E-state index in [1.165, 1.54) is 5.06 Å². The van der Waals surface area contributed by atoms with Crippen LogP contribution in [-0.4, -0.2) is 28.7 Å². The number of amides is 1. The summed E-state index contributed by atoms with van der Waals surface area (Å²) in [7, 11) is 1.90. The highest BCUT2D eigenvalue weighted by atomic mass is 16.7. The Morgan fingerprint density at radius 2 is 2.20 bits per heavy atom. The van der Waals surface area contributed by atoms with Crippen LogP contribution in [0.5, 0.6) is 0 Å². The Morgan fingerprint density at radius 3 is 2.73 bits per heavy atom. The smallest absolute Gasteiger partial charge is 0.294 e. The van der Waals surface area contributed by atoms with Crippen LogP contribution in [0.4, 0.5) is 0 Å². The number of hydrogen-bond acceptors (Lipinski definition) is 2. The van der Waals surface area contributed by atoms with Gasteiger partial charge in [0.05, 0.1) is 6.61 Å². The first kappa shape index (κ1) is 10.2. The molecule has 2 rings (SSSR count). The summed E-state index contributed by atoms with van der Waals surface area (Å²) in [5, 5.41) is 1.47. The Kier molecular flexibility index (Phi) is 2.77. The van der Waals surface area contributed by atoms with Crippen LogP contribution < -0.4 is 0 Å². The van der Waals surface area contributed by atoms with Gasteiger partial charge in [-0.05, 0) is 31.9 Å². The first-order valence-electron chi connectivity index (χ1n) is 5.27. The second-order valence-electron chi connectivity index (χ2n) is 3.87. The van der Waals surface area contributed by atoms with Crippen LogP contribution in [-0.2, 0) is 11.9 Å².